The highest BCUT2D eigenvalue weighted by molar-refractivity contribution is 14.1. The van der Waals surface area contributed by atoms with E-state index >= 15 is 0 Å². The predicted molar refractivity (Wildman–Crippen MR) is 99.0 cm³/mol. The highest BCUT2D eigenvalue weighted by atomic mass is 127. The Bertz CT molecular complexity index is 804. The van der Waals surface area contributed by atoms with E-state index in [0.29, 0.717) is 5.56 Å². The third-order valence-corrected chi connectivity index (χ3v) is 5.29. The molecule has 1 unspecified atom stereocenters. The van der Waals surface area contributed by atoms with Crippen molar-refractivity contribution in [2.24, 2.45) is 0 Å². The molecule has 0 saturated heterocycles. The van der Waals surface area contributed by atoms with E-state index in [1.807, 2.05) is 29.5 Å². The molecule has 2 nitrogen and oxygen atoms in total. The van der Waals surface area contributed by atoms with Crippen LogP contribution in [0.4, 0.5) is 13.2 Å². The Morgan fingerprint density at radius 1 is 1.12 bits per heavy atom. The second kappa shape index (κ2) is 7.42. The number of ketones is 1. The van der Waals surface area contributed by atoms with E-state index in [9.17, 15) is 23.1 Å². The number of aryl methyl sites for hydroxylation is 1. The lowest BCUT2D eigenvalue weighted by Crippen LogP contribution is -2.50. The van der Waals surface area contributed by atoms with Crippen molar-refractivity contribution >= 4 is 51.6 Å². The number of halogens is 6. The van der Waals surface area contributed by atoms with Crippen LogP contribution in [0.5, 0.6) is 0 Å². The fourth-order valence-corrected chi connectivity index (χ4v) is 3.41. The summed E-state index contributed by atoms with van der Waals surface area (Å²) in [6.45, 7) is 1.84. The van der Waals surface area contributed by atoms with Crippen LogP contribution in [0.2, 0.25) is 10.0 Å². The van der Waals surface area contributed by atoms with Gasteiger partial charge in [-0.25, -0.2) is 0 Å². The minimum Gasteiger partial charge on any atom is -0.370 e. The van der Waals surface area contributed by atoms with E-state index in [-0.39, 0.29) is 10.0 Å². The summed E-state index contributed by atoms with van der Waals surface area (Å²) < 4.78 is 41.6. The molecule has 2 aromatic carbocycles. The molecular formula is C17H12Cl2F3IO2. The van der Waals surface area contributed by atoms with Crippen LogP contribution in [0.3, 0.4) is 0 Å². The van der Waals surface area contributed by atoms with Crippen molar-refractivity contribution in [3.8, 4) is 0 Å². The predicted octanol–water partition coefficient (Wildman–Crippen LogP) is 5.47. The molecule has 0 aliphatic carbocycles. The van der Waals surface area contributed by atoms with Crippen LogP contribution in [0.15, 0.2) is 36.4 Å². The quantitative estimate of drug-likeness (QED) is 0.563. The summed E-state index contributed by atoms with van der Waals surface area (Å²) in [5.74, 6) is -1.40. The van der Waals surface area contributed by atoms with Crippen molar-refractivity contribution in [3.63, 3.8) is 0 Å². The Balaban J connectivity index is 2.49. The van der Waals surface area contributed by atoms with Gasteiger partial charge in [-0.05, 0) is 64.9 Å². The van der Waals surface area contributed by atoms with Gasteiger partial charge in [-0.15, -0.1) is 0 Å². The Kier molecular flexibility index (Phi) is 6.08. The van der Waals surface area contributed by atoms with Gasteiger partial charge in [0.15, 0.2) is 5.78 Å². The molecule has 1 atom stereocenters. The molecule has 1 N–H and O–H groups in total. The molecule has 25 heavy (non-hydrogen) atoms. The van der Waals surface area contributed by atoms with Gasteiger partial charge in [0.1, 0.15) is 0 Å². The molecule has 0 radical (unpaired) electrons. The molecule has 0 amide bonds. The van der Waals surface area contributed by atoms with Crippen LogP contribution in [-0.4, -0.2) is 17.1 Å². The van der Waals surface area contributed by atoms with E-state index in [4.69, 9.17) is 23.2 Å². The summed E-state index contributed by atoms with van der Waals surface area (Å²) in [5, 5.41) is 10.1. The van der Waals surface area contributed by atoms with Gasteiger partial charge in [-0.2, -0.15) is 13.2 Å². The van der Waals surface area contributed by atoms with Crippen LogP contribution < -0.4 is 0 Å². The van der Waals surface area contributed by atoms with Crippen molar-refractivity contribution in [2.75, 3.05) is 0 Å². The smallest absolute Gasteiger partial charge is 0.370 e. The Morgan fingerprint density at radius 3 is 2.16 bits per heavy atom. The van der Waals surface area contributed by atoms with E-state index < -0.39 is 29.5 Å². The first-order valence-corrected chi connectivity index (χ1v) is 8.82. The lowest BCUT2D eigenvalue weighted by atomic mass is 9.85. The average Bonchev–Trinajstić information content (AvgIpc) is 2.47. The second-order valence-electron chi connectivity index (χ2n) is 5.55. The summed E-state index contributed by atoms with van der Waals surface area (Å²) in [6, 6.07) is 7.85. The van der Waals surface area contributed by atoms with Crippen LogP contribution in [0.25, 0.3) is 0 Å². The number of carbonyl (C=O) groups excluding carboxylic acids is 1. The molecule has 134 valence electrons. The van der Waals surface area contributed by atoms with Gasteiger partial charge < -0.3 is 5.11 Å². The maximum Gasteiger partial charge on any atom is 0.428 e. The van der Waals surface area contributed by atoms with Crippen LogP contribution in [0.1, 0.15) is 16.7 Å². The fraction of sp³-hybridized carbons (Fsp3) is 0.235. The molecule has 8 heteroatoms. The van der Waals surface area contributed by atoms with Gasteiger partial charge in [0, 0.05) is 25.6 Å². The third-order valence-electron chi connectivity index (χ3n) is 3.70. The van der Waals surface area contributed by atoms with Crippen molar-refractivity contribution in [1.29, 1.82) is 0 Å². The van der Waals surface area contributed by atoms with Crippen LogP contribution in [0, 0.1) is 10.5 Å². The molecule has 0 spiro atoms. The molecule has 2 aromatic rings. The number of aliphatic hydroxyl groups is 1. The lowest BCUT2D eigenvalue weighted by Gasteiger charge is -2.30. The van der Waals surface area contributed by atoms with Crippen molar-refractivity contribution in [2.45, 2.75) is 25.1 Å². The lowest BCUT2D eigenvalue weighted by molar-refractivity contribution is -0.255. The van der Waals surface area contributed by atoms with E-state index in [1.54, 1.807) is 18.2 Å². The second-order valence-corrected chi connectivity index (χ2v) is 7.58. The number of rotatable bonds is 4. The number of carbonyl (C=O) groups is 1. The summed E-state index contributed by atoms with van der Waals surface area (Å²) in [4.78, 5) is 12.4. The summed E-state index contributed by atoms with van der Waals surface area (Å²) in [7, 11) is 0. The molecular weight excluding hydrogens is 491 g/mol. The minimum absolute atomic E-state index is 0.108. The molecule has 0 bridgehead atoms. The van der Waals surface area contributed by atoms with Crippen LogP contribution in [-0.2, 0) is 16.8 Å². The Morgan fingerprint density at radius 2 is 1.68 bits per heavy atom. The number of alkyl halides is 3. The highest BCUT2D eigenvalue weighted by Gasteiger charge is 2.60. The zero-order chi connectivity index (χ0) is 19.0. The molecule has 2 rings (SSSR count). The highest BCUT2D eigenvalue weighted by Crippen LogP contribution is 2.42. The van der Waals surface area contributed by atoms with E-state index in [0.717, 1.165) is 21.3 Å². The zero-order valence-electron chi connectivity index (χ0n) is 12.8. The van der Waals surface area contributed by atoms with Gasteiger partial charge in [0.05, 0.1) is 0 Å². The molecule has 0 heterocycles. The molecule has 0 aromatic heterocycles. The van der Waals surface area contributed by atoms with Gasteiger partial charge in [-0.1, -0.05) is 35.3 Å². The standard InChI is InChI=1S/C17H12Cl2F3IO2/c1-9-2-3-10(4-14(9)23)5-15(24)16(25,17(20,21)22)11-6-12(18)8-13(19)7-11/h2-4,6-8,25H,5H2,1H3. The maximum absolute atomic E-state index is 13.6. The van der Waals surface area contributed by atoms with Gasteiger partial charge in [-0.3, -0.25) is 4.79 Å². The molecule has 0 fully saturated rings. The van der Waals surface area contributed by atoms with Gasteiger partial charge >= 0.3 is 6.18 Å². The summed E-state index contributed by atoms with van der Waals surface area (Å²) in [6.07, 6.45) is -5.81. The first-order chi connectivity index (χ1) is 11.4. The zero-order valence-corrected chi connectivity index (χ0v) is 16.5. The largest absolute Gasteiger partial charge is 0.428 e. The third kappa shape index (κ3) is 4.30. The normalized spacial score (nSPS) is 14.2. The van der Waals surface area contributed by atoms with E-state index in [1.165, 1.54) is 6.07 Å². The van der Waals surface area contributed by atoms with Crippen molar-refractivity contribution in [3.05, 3.63) is 66.7 Å². The number of benzene rings is 2. The first-order valence-electron chi connectivity index (χ1n) is 6.99. The minimum atomic E-state index is -5.23. The Labute approximate surface area is 166 Å². The molecule has 0 aliphatic heterocycles. The maximum atomic E-state index is 13.6. The Hall–Kier alpha value is -0.830. The number of hydrogen-bond acceptors (Lipinski definition) is 2. The first kappa shape index (κ1) is 20.5. The van der Waals surface area contributed by atoms with Gasteiger partial charge in [0.25, 0.3) is 0 Å². The van der Waals surface area contributed by atoms with Crippen molar-refractivity contribution in [1.82, 2.24) is 0 Å². The van der Waals surface area contributed by atoms with Crippen LogP contribution >= 0.6 is 45.8 Å². The SMILES string of the molecule is Cc1ccc(CC(=O)C(O)(c2cc(Cl)cc(Cl)c2)C(F)(F)F)cc1I. The fourth-order valence-electron chi connectivity index (χ4n) is 2.31. The number of Topliss-reactive ketones (excluding diaryl/α,β-unsaturated/α-hetero) is 1. The molecule has 0 aliphatic rings. The average molecular weight is 503 g/mol. The summed E-state index contributed by atoms with van der Waals surface area (Å²) >= 11 is 13.5. The van der Waals surface area contributed by atoms with Crippen molar-refractivity contribution < 1.29 is 23.1 Å². The number of hydrogen-bond donors (Lipinski definition) is 1. The van der Waals surface area contributed by atoms with E-state index in [2.05, 4.69) is 0 Å². The molecule has 0 saturated carbocycles. The topological polar surface area (TPSA) is 37.3 Å². The van der Waals surface area contributed by atoms with Gasteiger partial charge in [0.2, 0.25) is 5.60 Å². The summed E-state index contributed by atoms with van der Waals surface area (Å²) in [5.41, 5.74) is -3.10. The monoisotopic (exact) mass is 502 g/mol.